The van der Waals surface area contributed by atoms with Crippen molar-refractivity contribution in [3.63, 3.8) is 0 Å². The topological polar surface area (TPSA) is 21.3 Å². The summed E-state index contributed by atoms with van der Waals surface area (Å²) in [5.74, 6) is 0. The van der Waals surface area contributed by atoms with Crippen LogP contribution in [-0.4, -0.2) is 25.3 Å². The molecule has 0 aliphatic rings. The SMILES string of the molecule is CCNC(Cc1cc(C)cc(C)c1)CC(C)(C)OC. The highest BCUT2D eigenvalue weighted by Gasteiger charge is 2.22. The highest BCUT2D eigenvalue weighted by molar-refractivity contribution is 5.29. The Kier molecular flexibility index (Phi) is 6.02. The van der Waals surface area contributed by atoms with Gasteiger partial charge in [0.25, 0.3) is 0 Å². The van der Waals surface area contributed by atoms with E-state index in [0.717, 1.165) is 19.4 Å². The second-order valence-electron chi connectivity index (χ2n) is 6.12. The largest absolute Gasteiger partial charge is 0.379 e. The molecule has 0 spiro atoms. The Morgan fingerprint density at radius 3 is 2.21 bits per heavy atom. The molecule has 1 aromatic carbocycles. The van der Waals surface area contributed by atoms with Crippen LogP contribution in [0.2, 0.25) is 0 Å². The standard InChI is InChI=1S/C17H29NO/c1-7-18-16(12-17(4,5)19-6)11-15-9-13(2)8-14(3)10-15/h8-10,16,18H,7,11-12H2,1-6H3. The molecule has 19 heavy (non-hydrogen) atoms. The van der Waals surface area contributed by atoms with Gasteiger partial charge < -0.3 is 10.1 Å². The van der Waals surface area contributed by atoms with Gasteiger partial charge in [0, 0.05) is 13.2 Å². The monoisotopic (exact) mass is 263 g/mol. The van der Waals surface area contributed by atoms with Gasteiger partial charge in [-0.05, 0) is 52.6 Å². The lowest BCUT2D eigenvalue weighted by molar-refractivity contribution is 0.00726. The van der Waals surface area contributed by atoms with Gasteiger partial charge in [0.2, 0.25) is 0 Å². The molecule has 0 amide bonds. The van der Waals surface area contributed by atoms with Crippen LogP contribution < -0.4 is 5.32 Å². The van der Waals surface area contributed by atoms with E-state index >= 15 is 0 Å². The predicted molar refractivity (Wildman–Crippen MR) is 82.8 cm³/mol. The van der Waals surface area contributed by atoms with Crippen LogP contribution in [0, 0.1) is 13.8 Å². The third-order valence-corrected chi connectivity index (χ3v) is 3.55. The second-order valence-corrected chi connectivity index (χ2v) is 6.12. The average Bonchev–Trinajstić information content (AvgIpc) is 2.27. The minimum Gasteiger partial charge on any atom is -0.379 e. The van der Waals surface area contributed by atoms with Crippen LogP contribution in [0.15, 0.2) is 18.2 Å². The van der Waals surface area contributed by atoms with Gasteiger partial charge in [-0.1, -0.05) is 36.2 Å². The maximum absolute atomic E-state index is 5.56. The highest BCUT2D eigenvalue weighted by atomic mass is 16.5. The zero-order chi connectivity index (χ0) is 14.5. The van der Waals surface area contributed by atoms with Crippen LogP contribution in [0.3, 0.4) is 0 Å². The number of ether oxygens (including phenoxy) is 1. The molecular formula is C17H29NO. The molecule has 0 radical (unpaired) electrons. The molecule has 0 bridgehead atoms. The van der Waals surface area contributed by atoms with Crippen molar-refractivity contribution in [2.45, 2.75) is 59.1 Å². The number of aryl methyl sites for hydroxylation is 2. The van der Waals surface area contributed by atoms with Crippen molar-refractivity contribution in [2.24, 2.45) is 0 Å². The van der Waals surface area contributed by atoms with Crippen LogP contribution >= 0.6 is 0 Å². The predicted octanol–water partition coefficient (Wildman–Crippen LogP) is 3.64. The summed E-state index contributed by atoms with van der Waals surface area (Å²) in [7, 11) is 1.79. The van der Waals surface area contributed by atoms with E-state index < -0.39 is 0 Å². The molecule has 1 rings (SSSR count). The van der Waals surface area contributed by atoms with E-state index in [1.54, 1.807) is 7.11 Å². The zero-order valence-corrected chi connectivity index (χ0v) is 13.3. The van der Waals surface area contributed by atoms with Crippen LogP contribution in [-0.2, 0) is 11.2 Å². The lowest BCUT2D eigenvalue weighted by Gasteiger charge is -2.29. The van der Waals surface area contributed by atoms with E-state index in [1.165, 1.54) is 16.7 Å². The number of hydrogen-bond donors (Lipinski definition) is 1. The minimum atomic E-state index is -0.0777. The summed E-state index contributed by atoms with van der Waals surface area (Å²) in [6.07, 6.45) is 2.08. The van der Waals surface area contributed by atoms with Crippen molar-refractivity contribution in [1.29, 1.82) is 0 Å². The summed E-state index contributed by atoms with van der Waals surface area (Å²) >= 11 is 0. The lowest BCUT2D eigenvalue weighted by Crippen LogP contribution is -2.39. The Bertz CT molecular complexity index is 378. The first-order chi connectivity index (χ1) is 8.86. The van der Waals surface area contributed by atoms with E-state index in [0.29, 0.717) is 6.04 Å². The van der Waals surface area contributed by atoms with Crippen molar-refractivity contribution >= 4 is 0 Å². The highest BCUT2D eigenvalue weighted by Crippen LogP contribution is 2.19. The molecule has 0 heterocycles. The van der Waals surface area contributed by atoms with Crippen molar-refractivity contribution in [1.82, 2.24) is 5.32 Å². The molecule has 0 fully saturated rings. The van der Waals surface area contributed by atoms with Gasteiger partial charge >= 0.3 is 0 Å². The molecule has 1 N–H and O–H groups in total. The summed E-state index contributed by atoms with van der Waals surface area (Å²) in [6, 6.07) is 7.26. The van der Waals surface area contributed by atoms with Crippen molar-refractivity contribution in [2.75, 3.05) is 13.7 Å². The molecule has 108 valence electrons. The number of hydrogen-bond acceptors (Lipinski definition) is 2. The Morgan fingerprint density at radius 1 is 1.16 bits per heavy atom. The van der Waals surface area contributed by atoms with Gasteiger partial charge in [-0.15, -0.1) is 0 Å². The fraction of sp³-hybridized carbons (Fsp3) is 0.647. The first kappa shape index (κ1) is 16.2. The van der Waals surface area contributed by atoms with Crippen LogP contribution in [0.25, 0.3) is 0 Å². The molecule has 1 unspecified atom stereocenters. The van der Waals surface area contributed by atoms with Crippen molar-refractivity contribution in [3.8, 4) is 0 Å². The van der Waals surface area contributed by atoms with Crippen LogP contribution in [0.4, 0.5) is 0 Å². The van der Waals surface area contributed by atoms with Crippen LogP contribution in [0.1, 0.15) is 43.9 Å². The third kappa shape index (κ3) is 5.75. The Morgan fingerprint density at radius 2 is 1.74 bits per heavy atom. The maximum Gasteiger partial charge on any atom is 0.0637 e. The number of nitrogens with one attached hydrogen (secondary N) is 1. The average molecular weight is 263 g/mol. The second kappa shape index (κ2) is 7.06. The molecule has 1 atom stereocenters. The first-order valence-electron chi connectivity index (χ1n) is 7.22. The fourth-order valence-electron chi connectivity index (χ4n) is 2.65. The van der Waals surface area contributed by atoms with E-state index in [1.807, 2.05) is 0 Å². The van der Waals surface area contributed by atoms with Gasteiger partial charge in [0.15, 0.2) is 0 Å². The summed E-state index contributed by atoms with van der Waals surface area (Å²) in [4.78, 5) is 0. The Hall–Kier alpha value is -0.860. The van der Waals surface area contributed by atoms with Gasteiger partial charge in [-0.25, -0.2) is 0 Å². The number of methoxy groups -OCH3 is 1. The van der Waals surface area contributed by atoms with Gasteiger partial charge in [0.1, 0.15) is 0 Å². The number of likely N-dealkylation sites (N-methyl/N-ethyl adjacent to an activating group) is 1. The number of rotatable bonds is 7. The zero-order valence-electron chi connectivity index (χ0n) is 13.3. The van der Waals surface area contributed by atoms with Gasteiger partial charge in [-0.2, -0.15) is 0 Å². The molecule has 0 aliphatic heterocycles. The molecule has 2 nitrogen and oxygen atoms in total. The summed E-state index contributed by atoms with van der Waals surface area (Å²) < 4.78 is 5.56. The third-order valence-electron chi connectivity index (χ3n) is 3.55. The molecule has 0 saturated heterocycles. The molecule has 1 aromatic rings. The molecular weight excluding hydrogens is 234 g/mol. The first-order valence-corrected chi connectivity index (χ1v) is 7.22. The van der Waals surface area contributed by atoms with E-state index in [-0.39, 0.29) is 5.60 Å². The fourth-order valence-corrected chi connectivity index (χ4v) is 2.65. The lowest BCUT2D eigenvalue weighted by atomic mass is 9.93. The van der Waals surface area contributed by atoms with Gasteiger partial charge in [-0.3, -0.25) is 0 Å². The van der Waals surface area contributed by atoms with E-state index in [4.69, 9.17) is 4.74 Å². The molecule has 0 saturated carbocycles. The molecule has 2 heteroatoms. The molecule has 0 aromatic heterocycles. The van der Waals surface area contributed by atoms with E-state index in [2.05, 4.69) is 58.1 Å². The smallest absolute Gasteiger partial charge is 0.0637 e. The van der Waals surface area contributed by atoms with Crippen molar-refractivity contribution < 1.29 is 4.74 Å². The van der Waals surface area contributed by atoms with E-state index in [9.17, 15) is 0 Å². The van der Waals surface area contributed by atoms with Crippen molar-refractivity contribution in [3.05, 3.63) is 34.9 Å². The quantitative estimate of drug-likeness (QED) is 0.811. The summed E-state index contributed by atoms with van der Waals surface area (Å²) in [6.45, 7) is 11.8. The summed E-state index contributed by atoms with van der Waals surface area (Å²) in [5.41, 5.74) is 4.02. The normalized spacial score (nSPS) is 13.6. The minimum absolute atomic E-state index is 0.0777. The molecule has 0 aliphatic carbocycles. The van der Waals surface area contributed by atoms with Gasteiger partial charge in [0.05, 0.1) is 5.60 Å². The Balaban J connectivity index is 2.77. The number of benzene rings is 1. The maximum atomic E-state index is 5.56. The Labute approximate surface area is 118 Å². The van der Waals surface area contributed by atoms with Crippen LogP contribution in [0.5, 0.6) is 0 Å². The summed E-state index contributed by atoms with van der Waals surface area (Å²) in [5, 5.41) is 3.58.